The predicted octanol–water partition coefficient (Wildman–Crippen LogP) is -2.49. The minimum Gasteiger partial charge on any atom is -0.756 e. The molecule has 0 bridgehead atoms. The maximum absolute atomic E-state index is 12.4. The molecule has 2 aromatic rings. The van der Waals surface area contributed by atoms with E-state index in [-0.39, 0.29) is 17.0 Å². The Hall–Kier alpha value is -2.23. The van der Waals surface area contributed by atoms with Crippen LogP contribution in [0.2, 0.25) is 0 Å². The van der Waals surface area contributed by atoms with Gasteiger partial charge in [0.1, 0.15) is 30.1 Å². The average Bonchev–Trinajstić information content (AvgIpc) is 3.28. The molecule has 1 saturated heterocycles. The summed E-state index contributed by atoms with van der Waals surface area (Å²) in [7, 11) is -5.11. The first kappa shape index (κ1) is 24.4. The molecule has 6 atom stereocenters. The van der Waals surface area contributed by atoms with Crippen LogP contribution < -0.4 is 22.1 Å². The number of carbonyl (C=O) groups excluding carboxylic acids is 1. The van der Waals surface area contributed by atoms with Gasteiger partial charge in [0.05, 0.1) is 12.9 Å². The fraction of sp³-hybridized carbons (Fsp3) is 0.625. The van der Waals surface area contributed by atoms with Crippen LogP contribution in [0.25, 0.3) is 11.2 Å². The van der Waals surface area contributed by atoms with Crippen LogP contribution in [0.5, 0.6) is 0 Å². The van der Waals surface area contributed by atoms with Crippen LogP contribution in [0.15, 0.2) is 12.7 Å². The zero-order valence-corrected chi connectivity index (χ0v) is 17.8. The van der Waals surface area contributed by atoms with Gasteiger partial charge >= 0.3 is 5.97 Å². The van der Waals surface area contributed by atoms with Crippen molar-refractivity contribution in [1.29, 1.82) is 0 Å². The van der Waals surface area contributed by atoms with Crippen molar-refractivity contribution in [1.82, 2.24) is 19.5 Å². The van der Waals surface area contributed by atoms with Crippen molar-refractivity contribution in [3.8, 4) is 0 Å². The number of carbonyl (C=O) groups is 1. The maximum Gasteiger partial charge on any atom is 0.323 e. The van der Waals surface area contributed by atoms with Gasteiger partial charge in [-0.25, -0.2) is 15.0 Å². The van der Waals surface area contributed by atoms with Crippen LogP contribution in [0.4, 0.5) is 5.82 Å². The second-order valence-electron chi connectivity index (χ2n) is 7.20. The first-order valence-corrected chi connectivity index (χ1v) is 11.2. The molecule has 8 N–H and O–H groups in total. The Morgan fingerprint density at radius 2 is 2.12 bits per heavy atom. The number of aromatic nitrogens is 4. The quantitative estimate of drug-likeness (QED) is 0.136. The number of unbranched alkanes of at least 4 members (excludes halogenated alkanes) is 1. The largest absolute Gasteiger partial charge is 0.756 e. The molecular formula is C16H25N7O8P-. The SMILES string of the molecule is NCCCC[C@H](N)C(=O)O[C@H]1[C@@H](O)[C@H](n2cnc3c(N)ncnc32)O[C@@H]1COP(=O)([O-])O. The Labute approximate surface area is 182 Å². The Morgan fingerprint density at radius 3 is 2.81 bits per heavy atom. The number of phosphoric ester groups is 1. The van der Waals surface area contributed by atoms with Gasteiger partial charge < -0.3 is 46.1 Å². The molecule has 15 nitrogen and oxygen atoms in total. The van der Waals surface area contributed by atoms with Crippen LogP contribution in [-0.2, 0) is 23.4 Å². The van der Waals surface area contributed by atoms with E-state index in [1.165, 1.54) is 17.2 Å². The van der Waals surface area contributed by atoms with E-state index in [4.69, 9.17) is 31.6 Å². The third-order valence-corrected chi connectivity index (χ3v) is 5.37. The van der Waals surface area contributed by atoms with E-state index in [1.54, 1.807) is 0 Å². The zero-order chi connectivity index (χ0) is 23.5. The van der Waals surface area contributed by atoms with E-state index in [9.17, 15) is 19.4 Å². The number of nitrogens with two attached hydrogens (primary N) is 3. The molecule has 16 heteroatoms. The van der Waals surface area contributed by atoms with Crippen LogP contribution in [0.3, 0.4) is 0 Å². The molecule has 178 valence electrons. The van der Waals surface area contributed by atoms with Crippen molar-refractivity contribution in [2.45, 2.75) is 49.8 Å². The van der Waals surface area contributed by atoms with Crippen LogP contribution >= 0.6 is 7.82 Å². The van der Waals surface area contributed by atoms with Crippen molar-refractivity contribution >= 4 is 30.8 Å². The molecule has 0 aromatic carbocycles. The molecule has 1 unspecified atom stereocenters. The normalized spacial score (nSPS) is 26.2. The lowest BCUT2D eigenvalue weighted by Gasteiger charge is -2.24. The molecule has 1 aliphatic heterocycles. The van der Waals surface area contributed by atoms with E-state index < -0.39 is 51.0 Å². The summed E-state index contributed by atoms with van der Waals surface area (Å²) in [6, 6.07) is -0.987. The van der Waals surface area contributed by atoms with E-state index in [2.05, 4.69) is 19.5 Å². The molecule has 3 rings (SSSR count). The highest BCUT2D eigenvalue weighted by Crippen LogP contribution is 2.37. The van der Waals surface area contributed by atoms with Crippen LogP contribution in [-0.4, -0.2) is 73.0 Å². The predicted molar refractivity (Wildman–Crippen MR) is 106 cm³/mol. The number of hydrogen-bond donors (Lipinski definition) is 5. The molecule has 0 aliphatic carbocycles. The number of rotatable bonds is 10. The summed E-state index contributed by atoms with van der Waals surface area (Å²) in [5.74, 6) is -0.725. The smallest absolute Gasteiger partial charge is 0.323 e. The Bertz CT molecular complexity index is 984. The summed E-state index contributed by atoms with van der Waals surface area (Å²) in [6.07, 6.45) is -1.26. The van der Waals surface area contributed by atoms with E-state index in [0.29, 0.717) is 25.8 Å². The average molecular weight is 474 g/mol. The summed E-state index contributed by atoms with van der Waals surface area (Å²) in [6.45, 7) is -0.281. The topological polar surface area (TPSA) is 247 Å². The summed E-state index contributed by atoms with van der Waals surface area (Å²) in [4.78, 5) is 44.3. The van der Waals surface area contributed by atoms with Gasteiger partial charge in [-0.05, 0) is 19.4 Å². The molecular weight excluding hydrogens is 449 g/mol. The van der Waals surface area contributed by atoms with Gasteiger partial charge in [0.15, 0.2) is 23.8 Å². The molecule has 0 radical (unpaired) electrons. The summed E-state index contributed by atoms with van der Waals surface area (Å²) in [5.41, 5.74) is 17.5. The van der Waals surface area contributed by atoms with Crippen molar-refractivity contribution in [3.63, 3.8) is 0 Å². The van der Waals surface area contributed by atoms with Crippen LogP contribution in [0.1, 0.15) is 25.5 Å². The van der Waals surface area contributed by atoms with Gasteiger partial charge in [-0.15, -0.1) is 0 Å². The molecule has 0 saturated carbocycles. The van der Waals surface area contributed by atoms with Gasteiger partial charge in [0.25, 0.3) is 7.82 Å². The summed E-state index contributed by atoms with van der Waals surface area (Å²) in [5, 5.41) is 10.8. The lowest BCUT2D eigenvalue weighted by Crippen LogP contribution is -2.43. The van der Waals surface area contributed by atoms with Gasteiger partial charge in [0.2, 0.25) is 0 Å². The number of ether oxygens (including phenoxy) is 2. The zero-order valence-electron chi connectivity index (χ0n) is 16.9. The molecule has 2 aromatic heterocycles. The second-order valence-corrected chi connectivity index (χ2v) is 8.39. The number of imidazole rings is 1. The first-order chi connectivity index (χ1) is 15.1. The van der Waals surface area contributed by atoms with Crippen molar-refractivity contribution in [3.05, 3.63) is 12.7 Å². The molecule has 0 amide bonds. The molecule has 0 spiro atoms. The fourth-order valence-corrected chi connectivity index (χ4v) is 3.64. The number of anilines is 1. The highest BCUT2D eigenvalue weighted by molar-refractivity contribution is 7.44. The number of aliphatic hydroxyl groups excluding tert-OH is 1. The second kappa shape index (κ2) is 10.1. The fourth-order valence-electron chi connectivity index (χ4n) is 3.30. The Kier molecular flexibility index (Phi) is 7.74. The number of aliphatic hydroxyl groups is 1. The lowest BCUT2D eigenvalue weighted by molar-refractivity contribution is -0.223. The lowest BCUT2D eigenvalue weighted by atomic mass is 10.1. The number of hydrogen-bond acceptors (Lipinski definition) is 13. The van der Waals surface area contributed by atoms with Crippen LogP contribution in [0, 0.1) is 0 Å². The molecule has 1 fully saturated rings. The van der Waals surface area contributed by atoms with Gasteiger partial charge in [0, 0.05) is 0 Å². The number of fused-ring (bicyclic) bond motifs is 1. The minimum atomic E-state index is -5.11. The Morgan fingerprint density at radius 1 is 1.38 bits per heavy atom. The third kappa shape index (κ3) is 5.57. The monoisotopic (exact) mass is 474 g/mol. The van der Waals surface area contributed by atoms with E-state index in [0.717, 1.165) is 0 Å². The number of phosphoric acid groups is 1. The summed E-state index contributed by atoms with van der Waals surface area (Å²) < 4.78 is 27.8. The molecule has 3 heterocycles. The molecule has 32 heavy (non-hydrogen) atoms. The Balaban J connectivity index is 1.81. The van der Waals surface area contributed by atoms with Crippen molar-refractivity contribution < 1.29 is 38.3 Å². The number of nitrogen functional groups attached to an aromatic ring is 1. The van der Waals surface area contributed by atoms with Gasteiger partial charge in [-0.2, -0.15) is 0 Å². The highest BCUT2D eigenvalue weighted by atomic mass is 31.2. The minimum absolute atomic E-state index is 0.0973. The van der Waals surface area contributed by atoms with Gasteiger partial charge in [-0.3, -0.25) is 13.9 Å². The van der Waals surface area contributed by atoms with E-state index >= 15 is 0 Å². The molecule has 1 aliphatic rings. The number of esters is 1. The maximum atomic E-state index is 12.4. The first-order valence-electron chi connectivity index (χ1n) is 9.73. The van der Waals surface area contributed by atoms with Gasteiger partial charge in [-0.1, -0.05) is 6.42 Å². The van der Waals surface area contributed by atoms with Crippen molar-refractivity contribution in [2.24, 2.45) is 11.5 Å². The number of nitrogens with zero attached hydrogens (tertiary/aromatic N) is 4. The third-order valence-electron chi connectivity index (χ3n) is 4.90. The highest BCUT2D eigenvalue weighted by Gasteiger charge is 2.48. The summed E-state index contributed by atoms with van der Waals surface area (Å²) >= 11 is 0. The standard InChI is InChI=1S/C16H26N7O8P/c17-4-2-1-3-8(18)16(25)31-12-9(5-29-32(26,27)28)30-15(11(12)24)23-7-22-10-13(19)20-6-21-14(10)23/h6-9,11-12,15,24H,1-5,17-18H2,(H2,19,20,21)(H2,26,27,28)/p-1/t8-,9+,11+,12+,15+/m0/s1. The van der Waals surface area contributed by atoms with E-state index in [1.807, 2.05) is 0 Å². The van der Waals surface area contributed by atoms with Crippen molar-refractivity contribution in [2.75, 3.05) is 18.9 Å².